The van der Waals surface area contributed by atoms with Gasteiger partial charge >= 0.3 is 0 Å². The summed E-state index contributed by atoms with van der Waals surface area (Å²) >= 11 is 0. The van der Waals surface area contributed by atoms with Crippen molar-refractivity contribution in [3.63, 3.8) is 0 Å². The van der Waals surface area contributed by atoms with Crippen molar-refractivity contribution in [3.8, 4) is 0 Å². The van der Waals surface area contributed by atoms with E-state index in [1.807, 2.05) is 19.3 Å². The van der Waals surface area contributed by atoms with Crippen LogP contribution < -0.4 is 9.80 Å². The summed E-state index contributed by atoms with van der Waals surface area (Å²) in [5.74, 6) is 0.923. The molecule has 4 nitrogen and oxygen atoms in total. The Morgan fingerprint density at radius 1 is 0.963 bits per heavy atom. The second-order valence-corrected chi connectivity index (χ2v) is 7.74. The number of halogens is 1. The number of aryl methyl sites for hydroxylation is 1. The molecule has 0 bridgehead atoms. The van der Waals surface area contributed by atoms with Crippen LogP contribution in [0.15, 0.2) is 36.5 Å². The third-order valence-electron chi connectivity index (χ3n) is 6.14. The maximum Gasteiger partial charge on any atom is 0.128 e. The Kier molecular flexibility index (Phi) is 4.03. The van der Waals surface area contributed by atoms with Crippen molar-refractivity contribution in [2.45, 2.75) is 32.2 Å². The Balaban J connectivity index is 1.42. The van der Waals surface area contributed by atoms with Gasteiger partial charge in [0.05, 0.1) is 17.4 Å². The van der Waals surface area contributed by atoms with Crippen LogP contribution in [-0.4, -0.2) is 29.2 Å². The zero-order valence-electron chi connectivity index (χ0n) is 15.8. The number of pyridine rings is 1. The van der Waals surface area contributed by atoms with Gasteiger partial charge in [-0.25, -0.2) is 9.37 Å². The van der Waals surface area contributed by atoms with E-state index in [9.17, 15) is 4.39 Å². The third kappa shape index (κ3) is 2.85. The molecule has 0 saturated carbocycles. The topological polar surface area (TPSA) is 24.3 Å². The summed E-state index contributed by atoms with van der Waals surface area (Å²) < 4.78 is 15.8. The molecule has 1 aromatic carbocycles. The van der Waals surface area contributed by atoms with Gasteiger partial charge in [0.15, 0.2) is 0 Å². The van der Waals surface area contributed by atoms with E-state index in [1.54, 1.807) is 12.1 Å². The molecule has 0 atom stereocenters. The number of nitrogens with zero attached hydrogens (tertiary/aromatic N) is 4. The molecule has 0 radical (unpaired) electrons. The van der Waals surface area contributed by atoms with Gasteiger partial charge in [-0.05, 0) is 49.6 Å². The van der Waals surface area contributed by atoms with E-state index >= 15 is 0 Å². The second kappa shape index (κ2) is 6.55. The number of rotatable bonds is 2. The lowest BCUT2D eigenvalue weighted by Gasteiger charge is -2.31. The molecule has 140 valence electrons. The largest absolute Gasteiger partial charge is 0.365 e. The standard InChI is InChI=1S/C22H25FN4/c1-25-20-9-12-27(15-19(20)18-7-5-16(23)13-21(18)25)17-6-8-22(24-14-17)26-10-3-2-4-11-26/h5-8,13-14H,2-4,9-12,15H2,1H3. The van der Waals surface area contributed by atoms with E-state index < -0.39 is 0 Å². The summed E-state index contributed by atoms with van der Waals surface area (Å²) in [6.45, 7) is 4.05. The van der Waals surface area contributed by atoms with Crippen LogP contribution in [0.1, 0.15) is 30.5 Å². The summed E-state index contributed by atoms with van der Waals surface area (Å²) in [7, 11) is 2.05. The van der Waals surface area contributed by atoms with Crippen LogP contribution in [0.2, 0.25) is 0 Å². The van der Waals surface area contributed by atoms with Gasteiger partial charge in [-0.2, -0.15) is 0 Å². The third-order valence-corrected chi connectivity index (χ3v) is 6.14. The molecule has 0 aliphatic carbocycles. The quantitative estimate of drug-likeness (QED) is 0.679. The van der Waals surface area contributed by atoms with Crippen molar-refractivity contribution in [2.75, 3.05) is 29.4 Å². The molecule has 0 spiro atoms. The summed E-state index contributed by atoms with van der Waals surface area (Å²) in [6, 6.07) is 9.50. The number of hydrogen-bond acceptors (Lipinski definition) is 3. The van der Waals surface area contributed by atoms with Gasteiger partial charge in [-0.3, -0.25) is 0 Å². The van der Waals surface area contributed by atoms with E-state index in [0.29, 0.717) is 0 Å². The van der Waals surface area contributed by atoms with E-state index in [2.05, 4.69) is 26.5 Å². The fourth-order valence-electron chi connectivity index (χ4n) is 4.64. The number of aromatic nitrogens is 2. The smallest absolute Gasteiger partial charge is 0.128 e. The molecule has 27 heavy (non-hydrogen) atoms. The predicted octanol–water partition coefficient (Wildman–Crippen LogP) is 4.27. The molecule has 4 heterocycles. The van der Waals surface area contributed by atoms with E-state index in [1.165, 1.54) is 36.2 Å². The van der Waals surface area contributed by atoms with Crippen LogP contribution in [0.3, 0.4) is 0 Å². The molecule has 5 heteroatoms. The fourth-order valence-corrected chi connectivity index (χ4v) is 4.64. The van der Waals surface area contributed by atoms with E-state index in [4.69, 9.17) is 4.98 Å². The van der Waals surface area contributed by atoms with Gasteiger partial charge in [0.25, 0.3) is 0 Å². The minimum Gasteiger partial charge on any atom is -0.365 e. The first-order chi connectivity index (χ1) is 13.2. The number of anilines is 2. The van der Waals surface area contributed by atoms with Gasteiger partial charge in [-0.15, -0.1) is 0 Å². The summed E-state index contributed by atoms with van der Waals surface area (Å²) in [6.07, 6.45) is 6.84. The monoisotopic (exact) mass is 364 g/mol. The highest BCUT2D eigenvalue weighted by molar-refractivity contribution is 5.86. The highest BCUT2D eigenvalue weighted by Crippen LogP contribution is 2.33. The number of hydrogen-bond donors (Lipinski definition) is 0. The Morgan fingerprint density at radius 2 is 1.81 bits per heavy atom. The van der Waals surface area contributed by atoms with Gasteiger partial charge in [0.1, 0.15) is 11.6 Å². The van der Waals surface area contributed by atoms with Crippen LogP contribution in [0.4, 0.5) is 15.9 Å². The normalized spacial score (nSPS) is 17.4. The Bertz CT molecular complexity index is 970. The maximum absolute atomic E-state index is 13.7. The minimum absolute atomic E-state index is 0.171. The Hall–Kier alpha value is -2.56. The fraction of sp³-hybridized carbons (Fsp3) is 0.409. The van der Waals surface area contributed by atoms with Crippen molar-refractivity contribution in [2.24, 2.45) is 7.05 Å². The Morgan fingerprint density at radius 3 is 2.59 bits per heavy atom. The summed E-state index contributed by atoms with van der Waals surface area (Å²) in [4.78, 5) is 9.52. The van der Waals surface area contributed by atoms with Crippen LogP contribution in [0.5, 0.6) is 0 Å². The SMILES string of the molecule is Cn1c2c(c3ccc(F)cc31)CN(c1ccc(N3CCCCC3)nc1)CC2. The average molecular weight is 364 g/mol. The molecule has 5 rings (SSSR count). The lowest BCUT2D eigenvalue weighted by atomic mass is 10.0. The van der Waals surface area contributed by atoms with E-state index in [0.717, 1.165) is 49.3 Å². The average Bonchev–Trinajstić information content (AvgIpc) is 3.00. The van der Waals surface area contributed by atoms with Gasteiger partial charge in [0, 0.05) is 56.3 Å². The van der Waals surface area contributed by atoms with Crippen LogP contribution in [-0.2, 0) is 20.0 Å². The van der Waals surface area contributed by atoms with Crippen molar-refractivity contribution in [3.05, 3.63) is 53.6 Å². The molecule has 2 aliphatic heterocycles. The number of piperidine rings is 1. The molecular weight excluding hydrogens is 339 g/mol. The molecule has 0 amide bonds. The Labute approximate surface area is 159 Å². The minimum atomic E-state index is -0.171. The molecule has 0 unspecified atom stereocenters. The van der Waals surface area contributed by atoms with Crippen molar-refractivity contribution >= 4 is 22.4 Å². The number of fused-ring (bicyclic) bond motifs is 3. The zero-order valence-corrected chi connectivity index (χ0v) is 15.8. The molecule has 2 aromatic heterocycles. The molecule has 1 saturated heterocycles. The zero-order chi connectivity index (χ0) is 18.4. The van der Waals surface area contributed by atoms with Crippen LogP contribution in [0, 0.1) is 5.82 Å². The van der Waals surface area contributed by atoms with Gasteiger partial charge in [-0.1, -0.05) is 0 Å². The predicted molar refractivity (Wildman–Crippen MR) is 108 cm³/mol. The number of benzene rings is 1. The summed E-state index contributed by atoms with van der Waals surface area (Å²) in [5.41, 5.74) is 4.80. The van der Waals surface area contributed by atoms with Crippen LogP contribution in [0.25, 0.3) is 10.9 Å². The van der Waals surface area contributed by atoms with Crippen molar-refractivity contribution in [1.29, 1.82) is 0 Å². The molecular formula is C22H25FN4. The van der Waals surface area contributed by atoms with Gasteiger partial charge < -0.3 is 14.4 Å². The molecule has 0 N–H and O–H groups in total. The molecule has 2 aliphatic rings. The van der Waals surface area contributed by atoms with Crippen molar-refractivity contribution < 1.29 is 4.39 Å². The highest BCUT2D eigenvalue weighted by atomic mass is 19.1. The first kappa shape index (κ1) is 16.6. The van der Waals surface area contributed by atoms with Gasteiger partial charge in [0.2, 0.25) is 0 Å². The molecule has 1 fully saturated rings. The second-order valence-electron chi connectivity index (χ2n) is 7.74. The lowest BCUT2D eigenvalue weighted by molar-refractivity contribution is 0.573. The molecule has 3 aromatic rings. The maximum atomic E-state index is 13.7. The highest BCUT2D eigenvalue weighted by Gasteiger charge is 2.23. The van der Waals surface area contributed by atoms with E-state index in [-0.39, 0.29) is 5.82 Å². The first-order valence-electron chi connectivity index (χ1n) is 9.92. The summed E-state index contributed by atoms with van der Waals surface area (Å²) in [5, 5.41) is 1.16. The lowest BCUT2D eigenvalue weighted by Crippen LogP contribution is -2.32. The van der Waals surface area contributed by atoms with Crippen molar-refractivity contribution in [1.82, 2.24) is 9.55 Å². The first-order valence-corrected chi connectivity index (χ1v) is 9.92. The van der Waals surface area contributed by atoms with Crippen LogP contribution >= 0.6 is 0 Å².